The third-order valence-corrected chi connectivity index (χ3v) is 21.8. The van der Waals surface area contributed by atoms with Crippen molar-refractivity contribution < 1.29 is 32.2 Å². The second kappa shape index (κ2) is 21.6. The van der Waals surface area contributed by atoms with Crippen molar-refractivity contribution in [2.24, 2.45) is 17.8 Å². The second-order valence-electron chi connectivity index (χ2n) is 21.0. The van der Waals surface area contributed by atoms with Crippen LogP contribution in [0.5, 0.6) is 0 Å². The Bertz CT molecular complexity index is 2050. The van der Waals surface area contributed by atoms with Gasteiger partial charge in [0.25, 0.3) is 8.32 Å². The highest BCUT2D eigenvalue weighted by atomic mass is 35.5. The molecule has 0 amide bonds. The number of aryl methyl sites for hydroxylation is 1. The summed E-state index contributed by atoms with van der Waals surface area (Å²) in [6, 6.07) is 28.6. The fraction of sp³-hybridized carbons (Fsp3) is 0.593. The van der Waals surface area contributed by atoms with Gasteiger partial charge in [-0.15, -0.1) is 11.6 Å². The topological polar surface area (TPSA) is 91.3 Å². The number of rotatable bonds is 21. The molecule has 0 aliphatic carbocycles. The van der Waals surface area contributed by atoms with Crippen molar-refractivity contribution in [3.05, 3.63) is 115 Å². The normalized spacial score (nSPS) is 26.5. The zero-order valence-corrected chi connectivity index (χ0v) is 42.5. The van der Waals surface area contributed by atoms with Gasteiger partial charge >= 0.3 is 0 Å². The van der Waals surface area contributed by atoms with Gasteiger partial charge < -0.3 is 23.7 Å². The predicted molar refractivity (Wildman–Crippen MR) is 265 cm³/mol. The summed E-state index contributed by atoms with van der Waals surface area (Å²) in [6.45, 7) is 26.7. The van der Waals surface area contributed by atoms with Crippen LogP contribution < -0.4 is 10.4 Å². The molecule has 0 saturated carbocycles. The van der Waals surface area contributed by atoms with Crippen LogP contribution in [0.2, 0.25) is 5.04 Å². The number of sulfone groups is 1. The molecule has 1 N–H and O–H groups in total. The number of halogens is 1. The lowest BCUT2D eigenvalue weighted by Gasteiger charge is -2.43. The Morgan fingerprint density at radius 1 is 0.953 bits per heavy atom. The van der Waals surface area contributed by atoms with Gasteiger partial charge in [0.1, 0.15) is 0 Å². The number of hydrogen-bond donors (Lipinski definition) is 1. The van der Waals surface area contributed by atoms with Crippen molar-refractivity contribution in [2.75, 3.05) is 12.4 Å². The van der Waals surface area contributed by atoms with Crippen LogP contribution in [0.25, 0.3) is 0 Å². The van der Waals surface area contributed by atoms with E-state index in [9.17, 15) is 13.5 Å². The number of hydrogen-bond acceptors (Lipinski definition) is 7. The van der Waals surface area contributed by atoms with E-state index in [1.54, 1.807) is 12.1 Å². The predicted octanol–water partition coefficient (Wildman–Crippen LogP) is 10.9. The molecule has 1 unspecified atom stereocenters. The van der Waals surface area contributed by atoms with Gasteiger partial charge in [-0.05, 0) is 123 Å². The molecule has 3 aromatic carbocycles. The summed E-state index contributed by atoms with van der Waals surface area (Å²) in [7, 11) is -6.18. The van der Waals surface area contributed by atoms with E-state index in [-0.39, 0.29) is 70.4 Å². The van der Waals surface area contributed by atoms with E-state index in [2.05, 4.69) is 122 Å². The van der Waals surface area contributed by atoms with E-state index in [1.807, 2.05) is 19.1 Å². The molecule has 0 radical (unpaired) electrons. The third kappa shape index (κ3) is 12.5. The van der Waals surface area contributed by atoms with Gasteiger partial charge in [0.05, 0.1) is 52.9 Å². The lowest BCUT2D eigenvalue weighted by Crippen LogP contribution is -2.66. The molecule has 352 valence electrons. The van der Waals surface area contributed by atoms with Gasteiger partial charge in [0, 0.05) is 30.7 Å². The minimum Gasteiger partial charge on any atom is -0.407 e. The molecule has 0 spiro atoms. The van der Waals surface area contributed by atoms with Crippen molar-refractivity contribution in [3.8, 4) is 0 Å². The zero-order valence-electron chi connectivity index (χ0n) is 39.9. The SMILES string of the molecule is C=C(C(O)C[C@@H]1O[C@H](C[C@H]2CCC(C)(C)O2)[C@H](C)[C@H]1CS(=O)(=O)c1ccc(C)cc1)[C@H](C)C[C@@H](Cl)CC[C@@H]1O[C@@H](CCCO[Si](c2ccccc2)(c2ccccc2)C(C)(C)C)CC1=C. The Morgan fingerprint density at radius 2 is 1.58 bits per heavy atom. The summed E-state index contributed by atoms with van der Waals surface area (Å²) in [5.41, 5.74) is 2.67. The molecule has 64 heavy (non-hydrogen) atoms. The quantitative estimate of drug-likeness (QED) is 0.0492. The average Bonchev–Trinajstić information content (AvgIpc) is 3.88. The monoisotopic (exact) mass is 932 g/mol. The maximum atomic E-state index is 13.8. The van der Waals surface area contributed by atoms with Gasteiger partial charge in [0.2, 0.25) is 0 Å². The third-order valence-electron chi connectivity index (χ3n) is 14.5. The van der Waals surface area contributed by atoms with Gasteiger partial charge in [-0.1, -0.05) is 126 Å². The Hall–Kier alpha value is -2.60. The van der Waals surface area contributed by atoms with Crippen molar-refractivity contribution in [2.45, 2.75) is 177 Å². The first kappa shape index (κ1) is 50.8. The summed E-state index contributed by atoms with van der Waals surface area (Å²) in [5.74, 6) is -0.412. The Labute approximate surface area is 392 Å². The average molecular weight is 934 g/mol. The fourth-order valence-corrected chi connectivity index (χ4v) is 17.4. The maximum absolute atomic E-state index is 13.8. The molecule has 3 fully saturated rings. The molecule has 10 heteroatoms. The maximum Gasteiger partial charge on any atom is 0.261 e. The van der Waals surface area contributed by atoms with Crippen LogP contribution in [0.4, 0.5) is 0 Å². The largest absolute Gasteiger partial charge is 0.407 e. The number of aliphatic hydroxyl groups excluding tert-OH is 1. The molecule has 3 aromatic rings. The van der Waals surface area contributed by atoms with E-state index in [1.165, 1.54) is 10.4 Å². The number of benzene rings is 3. The summed E-state index contributed by atoms with van der Waals surface area (Å²) < 4.78 is 54.3. The first-order valence-corrected chi connectivity index (χ1v) is 27.9. The van der Waals surface area contributed by atoms with E-state index >= 15 is 0 Å². The summed E-state index contributed by atoms with van der Waals surface area (Å²) in [5, 5.41) is 14.1. The lowest BCUT2D eigenvalue weighted by atomic mass is 9.84. The molecule has 0 bridgehead atoms. The number of alkyl halides is 1. The first-order valence-electron chi connectivity index (χ1n) is 23.9. The van der Waals surface area contributed by atoms with E-state index in [0.29, 0.717) is 29.9 Å². The highest BCUT2D eigenvalue weighted by Crippen LogP contribution is 2.43. The van der Waals surface area contributed by atoms with Crippen LogP contribution in [0.15, 0.2) is 114 Å². The number of ether oxygens (including phenoxy) is 3. The number of aliphatic hydroxyl groups is 1. The minimum atomic E-state index is -3.59. The Morgan fingerprint density at radius 3 is 2.16 bits per heavy atom. The lowest BCUT2D eigenvalue weighted by molar-refractivity contribution is -0.0558. The van der Waals surface area contributed by atoms with Gasteiger partial charge in [-0.3, -0.25) is 0 Å². The second-order valence-corrected chi connectivity index (χ2v) is 28.0. The van der Waals surface area contributed by atoms with Crippen molar-refractivity contribution >= 4 is 40.1 Å². The molecular formula is C54H77ClO7SSi. The molecular weight excluding hydrogens is 856 g/mol. The smallest absolute Gasteiger partial charge is 0.261 e. The Balaban J connectivity index is 0.990. The van der Waals surface area contributed by atoms with Crippen LogP contribution >= 0.6 is 11.6 Å². The van der Waals surface area contributed by atoms with Crippen LogP contribution in [0.1, 0.15) is 118 Å². The molecule has 3 heterocycles. The highest BCUT2D eigenvalue weighted by molar-refractivity contribution is 7.91. The molecule has 3 saturated heterocycles. The van der Waals surface area contributed by atoms with Crippen LogP contribution in [0, 0.1) is 24.7 Å². The molecule has 3 aliphatic rings. The molecule has 7 nitrogen and oxygen atoms in total. The van der Waals surface area contributed by atoms with E-state index in [0.717, 1.165) is 56.1 Å². The molecule has 10 atom stereocenters. The van der Waals surface area contributed by atoms with Crippen molar-refractivity contribution in [3.63, 3.8) is 0 Å². The van der Waals surface area contributed by atoms with Gasteiger partial charge in [-0.2, -0.15) is 0 Å². The van der Waals surface area contributed by atoms with Crippen molar-refractivity contribution in [1.29, 1.82) is 0 Å². The summed E-state index contributed by atoms with van der Waals surface area (Å²) in [4.78, 5) is 0.319. The molecule has 6 rings (SSSR count). The van der Waals surface area contributed by atoms with E-state index in [4.69, 9.17) is 30.2 Å². The standard InChI is InChI=1S/C54H77ClO7SSi/c1-37-23-26-45(27-24-37)63(57,58)36-48-41(5)51(34-44-29-30-54(9,10)62-44)61-52(48)35-49(56)40(4)38(2)32-42(55)25-28-50-39(3)33-43(60-50)18-17-31-59-64(53(6,7)8,46-19-13-11-14-20-46)47-21-15-12-16-22-47/h11-16,19-24,26-27,38,41-44,48-52,56H,3-4,17-18,25,28-36H2,1-2,5-10H3/t38-,41-,42+,43+,44-,48-,49?,50+,51-,52+/m1/s1. The van der Waals surface area contributed by atoms with Crippen molar-refractivity contribution in [1.82, 2.24) is 0 Å². The fourth-order valence-electron chi connectivity index (χ4n) is 10.6. The Kier molecular flexibility index (Phi) is 17.1. The zero-order chi connectivity index (χ0) is 46.5. The molecule has 3 aliphatic heterocycles. The minimum absolute atomic E-state index is 0.0305. The van der Waals surface area contributed by atoms with Gasteiger partial charge in [-0.25, -0.2) is 8.42 Å². The van der Waals surface area contributed by atoms with Gasteiger partial charge in [0.15, 0.2) is 9.84 Å². The van der Waals surface area contributed by atoms with Crippen LogP contribution in [-0.4, -0.2) is 81.8 Å². The first-order chi connectivity index (χ1) is 30.2. The van der Waals surface area contributed by atoms with E-state index < -0.39 is 30.4 Å². The summed E-state index contributed by atoms with van der Waals surface area (Å²) in [6.07, 6.45) is 6.45. The highest BCUT2D eigenvalue weighted by Gasteiger charge is 2.50. The summed E-state index contributed by atoms with van der Waals surface area (Å²) >= 11 is 7.02. The van der Waals surface area contributed by atoms with Crippen LogP contribution in [0.3, 0.4) is 0 Å². The van der Waals surface area contributed by atoms with Crippen LogP contribution in [-0.2, 0) is 28.5 Å². The molecule has 0 aromatic heterocycles.